The Kier molecular flexibility index (Phi) is 3.89. The molecule has 1 atom stereocenters. The van der Waals surface area contributed by atoms with Gasteiger partial charge in [0.15, 0.2) is 0 Å². The molecular formula is C17H11Cl3. The molecular weight excluding hydrogens is 311 g/mol. The van der Waals surface area contributed by atoms with Crippen molar-refractivity contribution in [3.8, 4) is 0 Å². The van der Waals surface area contributed by atoms with Crippen LogP contribution in [0.3, 0.4) is 0 Å². The lowest BCUT2D eigenvalue weighted by atomic mass is 9.98. The lowest BCUT2D eigenvalue weighted by Crippen LogP contribution is -1.96. The minimum atomic E-state index is -0.327. The third-order valence-electron chi connectivity index (χ3n) is 3.35. The van der Waals surface area contributed by atoms with Gasteiger partial charge in [-0.1, -0.05) is 77.8 Å². The van der Waals surface area contributed by atoms with Gasteiger partial charge in [-0.25, -0.2) is 0 Å². The van der Waals surface area contributed by atoms with Gasteiger partial charge in [0.1, 0.15) is 0 Å². The molecule has 3 aromatic rings. The highest BCUT2D eigenvalue weighted by atomic mass is 35.5. The molecule has 3 aromatic carbocycles. The van der Waals surface area contributed by atoms with E-state index in [1.807, 2.05) is 36.4 Å². The average molecular weight is 322 g/mol. The lowest BCUT2D eigenvalue weighted by molar-refractivity contribution is 1.16. The van der Waals surface area contributed by atoms with Crippen molar-refractivity contribution in [1.29, 1.82) is 0 Å². The molecule has 3 heteroatoms. The van der Waals surface area contributed by atoms with Crippen LogP contribution in [0.5, 0.6) is 0 Å². The number of benzene rings is 3. The van der Waals surface area contributed by atoms with Crippen LogP contribution >= 0.6 is 34.8 Å². The summed E-state index contributed by atoms with van der Waals surface area (Å²) in [5.41, 5.74) is 1.87. The molecule has 0 heterocycles. The molecule has 1 unspecified atom stereocenters. The fraction of sp³-hybridized carbons (Fsp3) is 0.0588. The first-order chi connectivity index (χ1) is 9.68. The number of halogens is 3. The van der Waals surface area contributed by atoms with Gasteiger partial charge in [-0.15, -0.1) is 11.6 Å². The van der Waals surface area contributed by atoms with Gasteiger partial charge in [0.2, 0.25) is 0 Å². The van der Waals surface area contributed by atoms with E-state index < -0.39 is 0 Å². The molecule has 0 radical (unpaired) electrons. The molecule has 0 aromatic heterocycles. The fourth-order valence-electron chi connectivity index (χ4n) is 2.36. The third-order valence-corrected chi connectivity index (χ3v) is 4.65. The number of hydrogen-bond acceptors (Lipinski definition) is 0. The van der Waals surface area contributed by atoms with Gasteiger partial charge < -0.3 is 0 Å². The van der Waals surface area contributed by atoms with Gasteiger partial charge in [-0.2, -0.15) is 0 Å². The molecule has 100 valence electrons. The predicted molar refractivity (Wildman–Crippen MR) is 88.1 cm³/mol. The van der Waals surface area contributed by atoms with Crippen molar-refractivity contribution >= 4 is 45.6 Å². The maximum absolute atomic E-state index is 6.64. The number of rotatable bonds is 2. The summed E-state index contributed by atoms with van der Waals surface area (Å²) in [5, 5.41) is 3.00. The van der Waals surface area contributed by atoms with Crippen molar-refractivity contribution in [3.63, 3.8) is 0 Å². The maximum Gasteiger partial charge on any atom is 0.0856 e. The number of alkyl halides is 1. The largest absolute Gasteiger partial charge is 0.113 e. The van der Waals surface area contributed by atoms with Gasteiger partial charge in [-0.05, 0) is 28.0 Å². The van der Waals surface area contributed by atoms with Crippen LogP contribution in [0.4, 0.5) is 0 Å². The zero-order valence-corrected chi connectivity index (χ0v) is 12.8. The van der Waals surface area contributed by atoms with Crippen LogP contribution in [0, 0.1) is 0 Å². The van der Waals surface area contributed by atoms with Crippen molar-refractivity contribution in [1.82, 2.24) is 0 Å². The zero-order valence-electron chi connectivity index (χ0n) is 10.5. The van der Waals surface area contributed by atoms with E-state index in [1.54, 1.807) is 6.07 Å². The molecule has 0 saturated carbocycles. The standard InChI is InChI=1S/C17H11Cl3/c18-15-10-4-9-14(17(15)20)16(19)13-8-3-6-11-5-1-2-7-12(11)13/h1-10,16H. The first-order valence-electron chi connectivity index (χ1n) is 6.24. The molecule has 3 rings (SSSR count). The fourth-order valence-corrected chi connectivity index (χ4v) is 3.20. The second-order valence-corrected chi connectivity index (χ2v) is 5.80. The summed E-state index contributed by atoms with van der Waals surface area (Å²) in [6.45, 7) is 0. The number of hydrogen-bond donors (Lipinski definition) is 0. The Morgan fingerprint density at radius 1 is 0.700 bits per heavy atom. The van der Waals surface area contributed by atoms with Crippen molar-refractivity contribution < 1.29 is 0 Å². The minimum Gasteiger partial charge on any atom is -0.113 e. The van der Waals surface area contributed by atoms with Crippen LogP contribution in [-0.4, -0.2) is 0 Å². The van der Waals surface area contributed by atoms with Gasteiger partial charge in [0, 0.05) is 0 Å². The van der Waals surface area contributed by atoms with E-state index in [1.165, 1.54) is 0 Å². The van der Waals surface area contributed by atoms with E-state index in [4.69, 9.17) is 34.8 Å². The molecule has 0 aliphatic carbocycles. The molecule has 0 saturated heterocycles. The van der Waals surface area contributed by atoms with E-state index in [0.29, 0.717) is 10.0 Å². The second kappa shape index (κ2) is 5.65. The van der Waals surface area contributed by atoms with Gasteiger partial charge >= 0.3 is 0 Å². The summed E-state index contributed by atoms with van der Waals surface area (Å²) in [7, 11) is 0. The molecule has 0 aliphatic heterocycles. The van der Waals surface area contributed by atoms with Crippen molar-refractivity contribution in [3.05, 3.63) is 81.8 Å². The molecule has 0 bridgehead atoms. The third kappa shape index (κ3) is 2.40. The summed E-state index contributed by atoms with van der Waals surface area (Å²) >= 11 is 19.0. The van der Waals surface area contributed by atoms with Crippen LogP contribution < -0.4 is 0 Å². The zero-order chi connectivity index (χ0) is 14.1. The van der Waals surface area contributed by atoms with Crippen LogP contribution in [0.1, 0.15) is 16.5 Å². The Morgan fingerprint density at radius 2 is 1.35 bits per heavy atom. The topological polar surface area (TPSA) is 0 Å². The molecule has 0 N–H and O–H groups in total. The Balaban J connectivity index is 2.18. The second-order valence-electron chi connectivity index (χ2n) is 4.57. The van der Waals surface area contributed by atoms with Crippen LogP contribution in [0.25, 0.3) is 10.8 Å². The van der Waals surface area contributed by atoms with E-state index >= 15 is 0 Å². The Bertz CT molecular complexity index is 760. The van der Waals surface area contributed by atoms with Gasteiger partial charge in [0.05, 0.1) is 15.4 Å². The predicted octanol–water partition coefficient (Wildman–Crippen LogP) is 6.47. The van der Waals surface area contributed by atoms with Gasteiger partial charge in [0.25, 0.3) is 0 Å². The van der Waals surface area contributed by atoms with Crippen LogP contribution in [-0.2, 0) is 0 Å². The Labute approximate surface area is 132 Å². The molecule has 0 aliphatic rings. The van der Waals surface area contributed by atoms with Crippen molar-refractivity contribution in [2.75, 3.05) is 0 Å². The van der Waals surface area contributed by atoms with E-state index in [0.717, 1.165) is 21.9 Å². The van der Waals surface area contributed by atoms with E-state index in [2.05, 4.69) is 18.2 Å². The van der Waals surface area contributed by atoms with E-state index in [-0.39, 0.29) is 5.38 Å². The molecule has 0 spiro atoms. The minimum absolute atomic E-state index is 0.327. The Morgan fingerprint density at radius 3 is 2.20 bits per heavy atom. The Hall–Kier alpha value is -1.21. The summed E-state index contributed by atoms with van der Waals surface area (Å²) < 4.78 is 0. The first-order valence-corrected chi connectivity index (χ1v) is 7.43. The SMILES string of the molecule is Clc1cccc(C(Cl)c2cccc3ccccc23)c1Cl. The molecule has 0 fully saturated rings. The quantitative estimate of drug-likeness (QED) is 0.474. The van der Waals surface area contributed by atoms with Crippen molar-refractivity contribution in [2.45, 2.75) is 5.38 Å². The molecule has 0 amide bonds. The maximum atomic E-state index is 6.64. The highest BCUT2D eigenvalue weighted by Crippen LogP contribution is 2.39. The summed E-state index contributed by atoms with van der Waals surface area (Å²) in [6, 6.07) is 19.8. The summed E-state index contributed by atoms with van der Waals surface area (Å²) in [4.78, 5) is 0. The highest BCUT2D eigenvalue weighted by molar-refractivity contribution is 6.43. The normalized spacial score (nSPS) is 12.6. The summed E-state index contributed by atoms with van der Waals surface area (Å²) in [6.07, 6.45) is 0. The molecule has 20 heavy (non-hydrogen) atoms. The van der Waals surface area contributed by atoms with Crippen LogP contribution in [0.2, 0.25) is 10.0 Å². The highest BCUT2D eigenvalue weighted by Gasteiger charge is 2.17. The van der Waals surface area contributed by atoms with E-state index in [9.17, 15) is 0 Å². The monoisotopic (exact) mass is 320 g/mol. The summed E-state index contributed by atoms with van der Waals surface area (Å²) in [5.74, 6) is 0. The van der Waals surface area contributed by atoms with Crippen LogP contribution in [0.15, 0.2) is 60.7 Å². The average Bonchev–Trinajstić information content (AvgIpc) is 2.49. The molecule has 0 nitrogen and oxygen atoms in total. The smallest absolute Gasteiger partial charge is 0.0856 e. The first kappa shape index (κ1) is 13.8. The lowest BCUT2D eigenvalue weighted by Gasteiger charge is -2.15. The van der Waals surface area contributed by atoms with Gasteiger partial charge in [-0.3, -0.25) is 0 Å². The van der Waals surface area contributed by atoms with Crippen molar-refractivity contribution in [2.24, 2.45) is 0 Å². The number of fused-ring (bicyclic) bond motifs is 1.